The fourth-order valence-corrected chi connectivity index (χ4v) is 2.35. The molecular weight excluding hydrogens is 180 g/mol. The molecule has 2 heterocycles. The van der Waals surface area contributed by atoms with Crippen LogP contribution in [0, 0.1) is 0 Å². The molecule has 1 aliphatic rings. The van der Waals surface area contributed by atoms with Crippen molar-refractivity contribution in [2.45, 2.75) is 25.4 Å². The van der Waals surface area contributed by atoms with Gasteiger partial charge in [-0.1, -0.05) is 0 Å². The number of thiophene rings is 1. The van der Waals surface area contributed by atoms with Gasteiger partial charge in [0.05, 0.1) is 0 Å². The van der Waals surface area contributed by atoms with Gasteiger partial charge in [-0.05, 0) is 41.8 Å². The second-order valence-electron chi connectivity index (χ2n) is 3.56. The highest BCUT2D eigenvalue weighted by Crippen LogP contribution is 2.07. The van der Waals surface area contributed by atoms with E-state index in [1.165, 1.54) is 24.9 Å². The van der Waals surface area contributed by atoms with E-state index in [0.29, 0.717) is 6.04 Å². The van der Waals surface area contributed by atoms with Crippen molar-refractivity contribution in [1.29, 1.82) is 0 Å². The van der Waals surface area contributed by atoms with Gasteiger partial charge < -0.3 is 10.6 Å². The minimum Gasteiger partial charge on any atom is -0.315 e. The lowest BCUT2D eigenvalue weighted by Gasteiger charge is -2.23. The summed E-state index contributed by atoms with van der Waals surface area (Å²) in [5.74, 6) is 0. The molecule has 1 fully saturated rings. The molecule has 0 aromatic carbocycles. The van der Waals surface area contributed by atoms with Crippen LogP contribution in [0.15, 0.2) is 16.8 Å². The number of hydrogen-bond acceptors (Lipinski definition) is 3. The quantitative estimate of drug-likeness (QED) is 0.767. The lowest BCUT2D eigenvalue weighted by Crippen LogP contribution is -2.42. The summed E-state index contributed by atoms with van der Waals surface area (Å²) in [7, 11) is 0. The van der Waals surface area contributed by atoms with Gasteiger partial charge in [0, 0.05) is 19.1 Å². The van der Waals surface area contributed by atoms with Gasteiger partial charge in [0.25, 0.3) is 0 Å². The summed E-state index contributed by atoms with van der Waals surface area (Å²) in [6, 6.07) is 2.86. The molecule has 13 heavy (non-hydrogen) atoms. The Hall–Kier alpha value is -0.380. The Kier molecular flexibility index (Phi) is 3.35. The first kappa shape index (κ1) is 9.19. The highest BCUT2D eigenvalue weighted by atomic mass is 32.1. The molecule has 0 saturated carbocycles. The van der Waals surface area contributed by atoms with E-state index in [1.54, 1.807) is 11.3 Å². The highest BCUT2D eigenvalue weighted by molar-refractivity contribution is 7.07. The van der Waals surface area contributed by atoms with E-state index in [-0.39, 0.29) is 0 Å². The first-order chi connectivity index (χ1) is 6.45. The van der Waals surface area contributed by atoms with Crippen LogP contribution in [0.4, 0.5) is 0 Å². The molecule has 2 nitrogen and oxygen atoms in total. The molecule has 1 aromatic rings. The van der Waals surface area contributed by atoms with Crippen molar-refractivity contribution in [3.63, 3.8) is 0 Å². The van der Waals surface area contributed by atoms with Crippen molar-refractivity contribution in [3.05, 3.63) is 22.4 Å². The predicted molar refractivity (Wildman–Crippen MR) is 57.1 cm³/mol. The number of rotatable bonds is 3. The normalized spacial score (nSPS) is 23.2. The molecule has 0 aliphatic carbocycles. The van der Waals surface area contributed by atoms with Gasteiger partial charge in [-0.3, -0.25) is 0 Å². The van der Waals surface area contributed by atoms with Crippen LogP contribution < -0.4 is 10.6 Å². The molecule has 72 valence electrons. The fourth-order valence-electron chi connectivity index (χ4n) is 1.68. The van der Waals surface area contributed by atoms with Crippen LogP contribution >= 0.6 is 11.3 Å². The molecule has 1 aromatic heterocycles. The molecule has 0 amide bonds. The minimum atomic E-state index is 0.675. The van der Waals surface area contributed by atoms with Gasteiger partial charge in [0.1, 0.15) is 0 Å². The summed E-state index contributed by atoms with van der Waals surface area (Å²) in [6.07, 6.45) is 2.62. The van der Waals surface area contributed by atoms with Gasteiger partial charge in [0.15, 0.2) is 0 Å². The van der Waals surface area contributed by atoms with E-state index in [2.05, 4.69) is 27.5 Å². The Morgan fingerprint density at radius 3 is 3.31 bits per heavy atom. The molecule has 1 aliphatic heterocycles. The van der Waals surface area contributed by atoms with Crippen LogP contribution in [-0.2, 0) is 6.54 Å². The van der Waals surface area contributed by atoms with E-state index >= 15 is 0 Å². The molecule has 0 spiro atoms. The van der Waals surface area contributed by atoms with E-state index in [1.807, 2.05) is 0 Å². The molecule has 0 bridgehead atoms. The van der Waals surface area contributed by atoms with Crippen LogP contribution in [-0.4, -0.2) is 19.1 Å². The summed E-state index contributed by atoms with van der Waals surface area (Å²) in [6.45, 7) is 3.34. The van der Waals surface area contributed by atoms with Gasteiger partial charge in [-0.2, -0.15) is 11.3 Å². The average Bonchev–Trinajstić information content (AvgIpc) is 2.69. The third-order valence-corrected chi connectivity index (χ3v) is 3.20. The predicted octanol–water partition coefficient (Wildman–Crippen LogP) is 1.59. The highest BCUT2D eigenvalue weighted by Gasteiger charge is 2.11. The van der Waals surface area contributed by atoms with Crippen LogP contribution in [0.3, 0.4) is 0 Å². The van der Waals surface area contributed by atoms with E-state index < -0.39 is 0 Å². The first-order valence-electron chi connectivity index (χ1n) is 4.90. The second kappa shape index (κ2) is 4.74. The lowest BCUT2D eigenvalue weighted by molar-refractivity contribution is 0.389. The number of nitrogens with one attached hydrogen (secondary N) is 2. The van der Waals surface area contributed by atoms with Gasteiger partial charge in [-0.15, -0.1) is 0 Å². The summed E-state index contributed by atoms with van der Waals surface area (Å²) in [5, 5.41) is 11.3. The largest absolute Gasteiger partial charge is 0.315 e. The zero-order valence-electron chi connectivity index (χ0n) is 7.75. The van der Waals surface area contributed by atoms with E-state index in [0.717, 1.165) is 13.1 Å². The maximum Gasteiger partial charge on any atom is 0.0216 e. The monoisotopic (exact) mass is 196 g/mol. The van der Waals surface area contributed by atoms with Gasteiger partial charge in [-0.25, -0.2) is 0 Å². The van der Waals surface area contributed by atoms with Crippen molar-refractivity contribution in [1.82, 2.24) is 10.6 Å². The van der Waals surface area contributed by atoms with Crippen LogP contribution in [0.25, 0.3) is 0 Å². The Balaban J connectivity index is 1.72. The third-order valence-electron chi connectivity index (χ3n) is 2.47. The summed E-state index contributed by atoms with van der Waals surface area (Å²) in [4.78, 5) is 0. The van der Waals surface area contributed by atoms with Crippen molar-refractivity contribution in [2.24, 2.45) is 0 Å². The SMILES string of the molecule is c1cc(CNC2CCCNC2)cs1. The molecule has 2 rings (SSSR count). The van der Waals surface area contributed by atoms with Crippen LogP contribution in [0.5, 0.6) is 0 Å². The molecular formula is C10H16N2S. The Morgan fingerprint density at radius 2 is 2.62 bits per heavy atom. The first-order valence-corrected chi connectivity index (χ1v) is 5.84. The number of hydrogen-bond donors (Lipinski definition) is 2. The zero-order valence-corrected chi connectivity index (χ0v) is 8.57. The van der Waals surface area contributed by atoms with Gasteiger partial charge >= 0.3 is 0 Å². The van der Waals surface area contributed by atoms with Crippen molar-refractivity contribution in [2.75, 3.05) is 13.1 Å². The Morgan fingerprint density at radius 1 is 1.62 bits per heavy atom. The molecule has 1 atom stereocenters. The topological polar surface area (TPSA) is 24.1 Å². The lowest BCUT2D eigenvalue weighted by atomic mass is 10.1. The fraction of sp³-hybridized carbons (Fsp3) is 0.600. The minimum absolute atomic E-state index is 0.675. The smallest absolute Gasteiger partial charge is 0.0216 e. The van der Waals surface area contributed by atoms with Gasteiger partial charge in [0.2, 0.25) is 0 Å². The Labute approximate surface area is 83.4 Å². The molecule has 1 saturated heterocycles. The Bertz CT molecular complexity index is 227. The van der Waals surface area contributed by atoms with E-state index in [4.69, 9.17) is 0 Å². The molecule has 0 radical (unpaired) electrons. The van der Waals surface area contributed by atoms with Crippen LogP contribution in [0.2, 0.25) is 0 Å². The van der Waals surface area contributed by atoms with Crippen molar-refractivity contribution >= 4 is 11.3 Å². The maximum atomic E-state index is 3.57. The second-order valence-corrected chi connectivity index (χ2v) is 4.34. The maximum absolute atomic E-state index is 3.57. The zero-order chi connectivity index (χ0) is 8.93. The third kappa shape index (κ3) is 2.79. The summed E-state index contributed by atoms with van der Waals surface area (Å²) >= 11 is 1.77. The van der Waals surface area contributed by atoms with Crippen molar-refractivity contribution < 1.29 is 0 Å². The van der Waals surface area contributed by atoms with Crippen LogP contribution in [0.1, 0.15) is 18.4 Å². The molecule has 3 heteroatoms. The standard InChI is InChI=1S/C10H16N2S/c1-2-10(7-11-4-1)12-6-9-3-5-13-8-9/h3,5,8,10-12H,1-2,4,6-7H2. The summed E-state index contributed by atoms with van der Waals surface area (Å²) < 4.78 is 0. The van der Waals surface area contributed by atoms with E-state index in [9.17, 15) is 0 Å². The number of piperidine rings is 1. The molecule has 1 unspecified atom stereocenters. The summed E-state index contributed by atoms with van der Waals surface area (Å²) in [5.41, 5.74) is 1.41. The average molecular weight is 196 g/mol. The molecule has 2 N–H and O–H groups in total. The van der Waals surface area contributed by atoms with Crippen molar-refractivity contribution in [3.8, 4) is 0 Å².